The molecule has 114 valence electrons. The number of amides is 1. The average molecular weight is 305 g/mol. The molecule has 1 unspecified atom stereocenters. The Morgan fingerprint density at radius 3 is 2.91 bits per heavy atom. The number of hydrogen-bond acceptors (Lipinski definition) is 5. The molecule has 1 fully saturated rings. The van der Waals surface area contributed by atoms with Crippen molar-refractivity contribution in [3.05, 3.63) is 36.3 Å². The number of halogens is 1. The van der Waals surface area contributed by atoms with Crippen molar-refractivity contribution in [2.24, 2.45) is 0 Å². The lowest BCUT2D eigenvalue weighted by Gasteiger charge is -2.16. The van der Waals surface area contributed by atoms with Gasteiger partial charge in [0.05, 0.1) is 6.54 Å². The van der Waals surface area contributed by atoms with E-state index in [9.17, 15) is 14.0 Å². The Hall–Kier alpha value is -2.77. The number of likely N-dealkylation sites (tertiary alicyclic amines) is 1. The Morgan fingerprint density at radius 2 is 2.27 bits per heavy atom. The largest absolute Gasteiger partial charge is 0.479 e. The summed E-state index contributed by atoms with van der Waals surface area (Å²) in [4.78, 5) is 28.2. The van der Waals surface area contributed by atoms with Crippen LogP contribution in [-0.4, -0.2) is 50.8 Å². The zero-order chi connectivity index (χ0) is 15.7. The molecule has 8 heteroatoms. The number of carboxylic acids is 1. The van der Waals surface area contributed by atoms with Crippen LogP contribution in [0, 0.1) is 0 Å². The van der Waals surface area contributed by atoms with Gasteiger partial charge in [-0.2, -0.15) is 0 Å². The van der Waals surface area contributed by atoms with Gasteiger partial charge >= 0.3 is 5.97 Å². The summed E-state index contributed by atoms with van der Waals surface area (Å²) in [7, 11) is 0. The Balaban J connectivity index is 1.77. The third-order valence-corrected chi connectivity index (χ3v) is 3.57. The molecule has 0 radical (unpaired) electrons. The Morgan fingerprint density at radius 1 is 1.45 bits per heavy atom. The van der Waals surface area contributed by atoms with Gasteiger partial charge in [0, 0.05) is 37.0 Å². The molecular formula is C14H12FN3O4. The zero-order valence-electron chi connectivity index (χ0n) is 11.4. The van der Waals surface area contributed by atoms with Gasteiger partial charge < -0.3 is 14.5 Å². The highest BCUT2D eigenvalue weighted by molar-refractivity contribution is 5.94. The summed E-state index contributed by atoms with van der Waals surface area (Å²) in [6, 6.07) is 4.89. The average Bonchev–Trinajstić information content (AvgIpc) is 3.15. The summed E-state index contributed by atoms with van der Waals surface area (Å²) in [5.41, 5.74) is -1.74. The maximum atomic E-state index is 14.0. The number of carbonyl (C=O) groups excluding carboxylic acids is 1. The lowest BCUT2D eigenvalue weighted by Crippen LogP contribution is -2.39. The van der Waals surface area contributed by atoms with Crippen LogP contribution in [0.1, 0.15) is 16.9 Å². The molecule has 1 N–H and O–H groups in total. The highest BCUT2D eigenvalue weighted by Crippen LogP contribution is 2.28. The van der Waals surface area contributed by atoms with Crippen LogP contribution in [0.3, 0.4) is 0 Å². The molecule has 1 atom stereocenters. The zero-order valence-corrected chi connectivity index (χ0v) is 11.4. The van der Waals surface area contributed by atoms with Crippen molar-refractivity contribution in [2.75, 3.05) is 13.1 Å². The predicted molar refractivity (Wildman–Crippen MR) is 71.7 cm³/mol. The van der Waals surface area contributed by atoms with Crippen molar-refractivity contribution in [3.63, 3.8) is 0 Å². The van der Waals surface area contributed by atoms with Crippen LogP contribution in [0.4, 0.5) is 4.39 Å². The molecule has 7 nitrogen and oxygen atoms in total. The number of carbonyl (C=O) groups is 2. The first-order chi connectivity index (χ1) is 10.5. The SMILES string of the molecule is O=C(c1cc(-c2cccnc2)on1)N1CCC(F)(C(=O)O)C1. The number of nitrogens with zero attached hydrogens (tertiary/aromatic N) is 3. The minimum Gasteiger partial charge on any atom is -0.479 e. The van der Waals surface area contributed by atoms with Gasteiger partial charge in [0.15, 0.2) is 11.5 Å². The summed E-state index contributed by atoms with van der Waals surface area (Å²) in [5.74, 6) is -1.75. The molecule has 0 spiro atoms. The molecule has 22 heavy (non-hydrogen) atoms. The quantitative estimate of drug-likeness (QED) is 0.920. The highest BCUT2D eigenvalue weighted by Gasteiger charge is 2.47. The molecule has 0 saturated carbocycles. The van der Waals surface area contributed by atoms with E-state index in [2.05, 4.69) is 10.1 Å². The monoisotopic (exact) mass is 305 g/mol. The van der Waals surface area contributed by atoms with Crippen LogP contribution in [0.2, 0.25) is 0 Å². The van der Waals surface area contributed by atoms with Crippen molar-refractivity contribution in [1.82, 2.24) is 15.0 Å². The van der Waals surface area contributed by atoms with Gasteiger partial charge in [-0.15, -0.1) is 0 Å². The minimum absolute atomic E-state index is 0.00786. The van der Waals surface area contributed by atoms with E-state index >= 15 is 0 Å². The van der Waals surface area contributed by atoms with Crippen LogP contribution >= 0.6 is 0 Å². The van der Waals surface area contributed by atoms with E-state index in [1.807, 2.05) is 0 Å². The number of carboxylic acid groups (broad SMARTS) is 1. The molecule has 2 aromatic heterocycles. The van der Waals surface area contributed by atoms with E-state index in [1.54, 1.807) is 24.5 Å². The first-order valence-electron chi connectivity index (χ1n) is 6.58. The third-order valence-electron chi connectivity index (χ3n) is 3.57. The molecule has 1 aliphatic heterocycles. The van der Waals surface area contributed by atoms with Crippen LogP contribution in [-0.2, 0) is 4.79 Å². The molecule has 1 saturated heterocycles. The van der Waals surface area contributed by atoms with Gasteiger partial charge in [0.25, 0.3) is 5.91 Å². The van der Waals surface area contributed by atoms with E-state index in [-0.39, 0.29) is 18.7 Å². The number of aliphatic carboxylic acids is 1. The number of hydrogen-bond donors (Lipinski definition) is 1. The van der Waals surface area contributed by atoms with Crippen molar-refractivity contribution in [3.8, 4) is 11.3 Å². The van der Waals surface area contributed by atoms with Gasteiger partial charge in [-0.05, 0) is 12.1 Å². The van der Waals surface area contributed by atoms with Crippen LogP contribution in [0.15, 0.2) is 35.1 Å². The fourth-order valence-corrected chi connectivity index (χ4v) is 2.30. The van der Waals surface area contributed by atoms with Crippen molar-refractivity contribution >= 4 is 11.9 Å². The predicted octanol–water partition coefficient (Wildman–Crippen LogP) is 1.38. The number of pyridine rings is 1. The molecule has 1 aliphatic rings. The van der Waals surface area contributed by atoms with Crippen molar-refractivity contribution in [2.45, 2.75) is 12.1 Å². The van der Waals surface area contributed by atoms with Gasteiger partial charge in [-0.3, -0.25) is 9.78 Å². The van der Waals surface area contributed by atoms with E-state index in [0.717, 1.165) is 4.90 Å². The molecule has 1 amide bonds. The summed E-state index contributed by atoms with van der Waals surface area (Å²) in [6.07, 6.45) is 2.92. The number of alkyl halides is 1. The maximum absolute atomic E-state index is 14.0. The fourth-order valence-electron chi connectivity index (χ4n) is 2.30. The normalized spacial score (nSPS) is 21.0. The first-order valence-corrected chi connectivity index (χ1v) is 6.58. The second-order valence-electron chi connectivity index (χ2n) is 5.07. The van der Waals surface area contributed by atoms with Gasteiger partial charge in [-0.1, -0.05) is 5.16 Å². The number of aromatic nitrogens is 2. The smallest absolute Gasteiger partial charge is 0.343 e. The Bertz CT molecular complexity index is 718. The second-order valence-corrected chi connectivity index (χ2v) is 5.07. The van der Waals surface area contributed by atoms with Crippen LogP contribution in [0.25, 0.3) is 11.3 Å². The lowest BCUT2D eigenvalue weighted by atomic mass is 10.1. The van der Waals surface area contributed by atoms with Crippen LogP contribution in [0.5, 0.6) is 0 Å². The Labute approximate surface area is 124 Å². The standard InChI is InChI=1S/C14H12FN3O4/c15-14(13(20)21)3-5-18(8-14)12(19)10-6-11(22-17-10)9-2-1-4-16-7-9/h1-2,4,6-7H,3,5,8H2,(H,20,21). The minimum atomic E-state index is -2.40. The third kappa shape index (κ3) is 2.43. The Kier molecular flexibility index (Phi) is 3.36. The topological polar surface area (TPSA) is 96.5 Å². The van der Waals surface area contributed by atoms with E-state index in [4.69, 9.17) is 9.63 Å². The van der Waals surface area contributed by atoms with E-state index in [0.29, 0.717) is 11.3 Å². The molecule has 3 rings (SSSR count). The second kappa shape index (κ2) is 5.21. The lowest BCUT2D eigenvalue weighted by molar-refractivity contribution is -0.149. The maximum Gasteiger partial charge on any atom is 0.343 e. The molecule has 3 heterocycles. The van der Waals surface area contributed by atoms with E-state index < -0.39 is 24.1 Å². The fraction of sp³-hybridized carbons (Fsp3) is 0.286. The highest BCUT2D eigenvalue weighted by atomic mass is 19.1. The van der Waals surface area contributed by atoms with Gasteiger partial charge in [0.2, 0.25) is 5.67 Å². The van der Waals surface area contributed by atoms with Crippen molar-refractivity contribution < 1.29 is 23.6 Å². The van der Waals surface area contributed by atoms with E-state index in [1.165, 1.54) is 6.07 Å². The number of rotatable bonds is 3. The molecule has 0 aliphatic carbocycles. The molecule has 2 aromatic rings. The summed E-state index contributed by atoms with van der Waals surface area (Å²) in [5, 5.41) is 12.5. The van der Waals surface area contributed by atoms with Crippen LogP contribution < -0.4 is 0 Å². The summed E-state index contributed by atoms with van der Waals surface area (Å²) >= 11 is 0. The first kappa shape index (κ1) is 14.2. The van der Waals surface area contributed by atoms with Crippen molar-refractivity contribution in [1.29, 1.82) is 0 Å². The molecular weight excluding hydrogens is 293 g/mol. The summed E-state index contributed by atoms with van der Waals surface area (Å²) in [6.45, 7) is -0.465. The van der Waals surface area contributed by atoms with Gasteiger partial charge in [-0.25, -0.2) is 9.18 Å². The molecule has 0 aromatic carbocycles. The summed E-state index contributed by atoms with van der Waals surface area (Å²) < 4.78 is 19.1. The van der Waals surface area contributed by atoms with Gasteiger partial charge in [0.1, 0.15) is 0 Å². The molecule has 0 bridgehead atoms.